The van der Waals surface area contributed by atoms with Crippen molar-refractivity contribution in [2.45, 2.75) is 12.5 Å². The van der Waals surface area contributed by atoms with Crippen LogP contribution in [0.1, 0.15) is 11.1 Å². The molecule has 0 bridgehead atoms. The summed E-state index contributed by atoms with van der Waals surface area (Å²) >= 11 is 0.698. The topological polar surface area (TPSA) is 86.7 Å². The summed E-state index contributed by atoms with van der Waals surface area (Å²) in [6.07, 6.45) is 1.84. The van der Waals surface area contributed by atoms with Gasteiger partial charge in [-0.3, -0.25) is 19.3 Å². The van der Waals surface area contributed by atoms with Gasteiger partial charge in [0, 0.05) is 0 Å². The first kappa shape index (κ1) is 20.8. The summed E-state index contributed by atoms with van der Waals surface area (Å²) in [6.45, 7) is -0.724. The van der Waals surface area contributed by atoms with E-state index in [1.54, 1.807) is 6.07 Å². The van der Waals surface area contributed by atoms with Crippen molar-refractivity contribution in [3.05, 3.63) is 76.4 Å². The molecule has 0 spiro atoms. The van der Waals surface area contributed by atoms with Crippen LogP contribution in [-0.2, 0) is 16.0 Å². The molecule has 1 aliphatic rings. The Bertz CT molecular complexity index is 949. The van der Waals surface area contributed by atoms with E-state index >= 15 is 0 Å². The molecule has 150 valence electrons. The molecule has 1 fully saturated rings. The van der Waals surface area contributed by atoms with Gasteiger partial charge in [-0.1, -0.05) is 42.5 Å². The predicted octanol–water partition coefficient (Wildman–Crippen LogP) is 2.58. The monoisotopic (exact) mass is 414 g/mol. The van der Waals surface area contributed by atoms with Crippen molar-refractivity contribution in [3.8, 4) is 0 Å². The molecule has 1 atom stereocenters. The minimum atomic E-state index is -0.608. The molecular weight excluding hydrogens is 395 g/mol. The molecule has 6 nitrogen and oxygen atoms in total. The smallest absolute Gasteiger partial charge is 0.294 e. The fraction of sp³-hybridized carbons (Fsp3) is 0.190. The van der Waals surface area contributed by atoms with Crippen LogP contribution in [0.3, 0.4) is 0 Å². The maximum Gasteiger partial charge on any atom is 0.294 e. The number of aliphatic hydroxyl groups excluding tert-OH is 1. The lowest BCUT2D eigenvalue weighted by molar-refractivity contribution is -0.129. The second kappa shape index (κ2) is 9.49. The molecule has 3 rings (SSSR count). The molecule has 8 heteroatoms. The Kier molecular flexibility index (Phi) is 6.79. The van der Waals surface area contributed by atoms with E-state index in [1.807, 2.05) is 30.3 Å². The summed E-state index contributed by atoms with van der Waals surface area (Å²) in [5.41, 5.74) is 1.39. The van der Waals surface area contributed by atoms with E-state index in [0.717, 1.165) is 10.5 Å². The minimum Gasteiger partial charge on any atom is -0.394 e. The number of rotatable bonds is 7. The zero-order valence-electron chi connectivity index (χ0n) is 15.4. The van der Waals surface area contributed by atoms with Gasteiger partial charge in [0.05, 0.1) is 17.6 Å². The standard InChI is InChI=1S/C21H19FN2O4S/c22-16-8-4-7-15(9-16)11-18-20(27)24(21(28)29-18)12-19(26)23-17(13-25)10-14-5-2-1-3-6-14/h1-9,11,17,25H,10,12-13H2,(H,23,26)/t17-/m1/s1. The normalized spacial score (nSPS) is 16.3. The van der Waals surface area contributed by atoms with Gasteiger partial charge < -0.3 is 10.4 Å². The Morgan fingerprint density at radius 2 is 1.93 bits per heavy atom. The molecule has 3 amide bonds. The average molecular weight is 414 g/mol. The first-order chi connectivity index (χ1) is 14.0. The summed E-state index contributed by atoms with van der Waals surface area (Å²) in [4.78, 5) is 37.9. The van der Waals surface area contributed by atoms with E-state index in [1.165, 1.54) is 24.3 Å². The summed E-state index contributed by atoms with van der Waals surface area (Å²) < 4.78 is 13.3. The fourth-order valence-corrected chi connectivity index (χ4v) is 3.70. The molecule has 2 aromatic carbocycles. The Morgan fingerprint density at radius 1 is 1.17 bits per heavy atom. The van der Waals surface area contributed by atoms with E-state index < -0.39 is 35.5 Å². The van der Waals surface area contributed by atoms with Crippen LogP contribution in [0.25, 0.3) is 6.08 Å². The van der Waals surface area contributed by atoms with Gasteiger partial charge >= 0.3 is 0 Å². The Hall–Kier alpha value is -2.97. The number of halogens is 1. The van der Waals surface area contributed by atoms with Gasteiger partial charge in [0.2, 0.25) is 5.91 Å². The van der Waals surface area contributed by atoms with Crippen LogP contribution in [0.15, 0.2) is 59.5 Å². The molecule has 1 aliphatic heterocycles. The second-order valence-electron chi connectivity index (χ2n) is 6.46. The highest BCUT2D eigenvalue weighted by Gasteiger charge is 2.36. The largest absolute Gasteiger partial charge is 0.394 e. The molecular formula is C21H19FN2O4S. The number of amides is 3. The number of hydrogen-bond donors (Lipinski definition) is 2. The molecule has 1 saturated heterocycles. The number of hydrogen-bond acceptors (Lipinski definition) is 5. The predicted molar refractivity (Wildman–Crippen MR) is 108 cm³/mol. The molecule has 0 saturated carbocycles. The first-order valence-electron chi connectivity index (χ1n) is 8.91. The number of carbonyl (C=O) groups is 3. The molecule has 29 heavy (non-hydrogen) atoms. The van der Waals surface area contributed by atoms with Gasteiger partial charge in [0.15, 0.2) is 0 Å². The van der Waals surface area contributed by atoms with E-state index in [2.05, 4.69) is 5.32 Å². The molecule has 1 heterocycles. The number of carbonyl (C=O) groups excluding carboxylic acids is 3. The number of thioether (sulfide) groups is 1. The van der Waals surface area contributed by atoms with Gasteiger partial charge in [0.1, 0.15) is 12.4 Å². The van der Waals surface area contributed by atoms with Gasteiger partial charge in [-0.15, -0.1) is 0 Å². The summed E-state index contributed by atoms with van der Waals surface area (Å²) in [5, 5.41) is 11.6. The van der Waals surface area contributed by atoms with Crippen LogP contribution in [0.4, 0.5) is 9.18 Å². The first-order valence-corrected chi connectivity index (χ1v) is 9.73. The van der Waals surface area contributed by atoms with Crippen molar-refractivity contribution in [1.82, 2.24) is 10.2 Å². The van der Waals surface area contributed by atoms with E-state index in [9.17, 15) is 23.9 Å². The zero-order valence-corrected chi connectivity index (χ0v) is 16.2. The molecule has 2 N–H and O–H groups in total. The van der Waals surface area contributed by atoms with Crippen molar-refractivity contribution >= 4 is 34.9 Å². The highest BCUT2D eigenvalue weighted by atomic mass is 32.2. The lowest BCUT2D eigenvalue weighted by Gasteiger charge is -2.18. The number of nitrogens with one attached hydrogen (secondary N) is 1. The maximum absolute atomic E-state index is 13.3. The van der Waals surface area contributed by atoms with Crippen LogP contribution >= 0.6 is 11.8 Å². The van der Waals surface area contributed by atoms with Crippen LogP contribution in [0.5, 0.6) is 0 Å². The van der Waals surface area contributed by atoms with Crippen LogP contribution < -0.4 is 5.32 Å². The Balaban J connectivity index is 1.62. The molecule has 0 aliphatic carbocycles. The quantitative estimate of drug-likeness (QED) is 0.680. The average Bonchev–Trinajstić information content (AvgIpc) is 2.95. The minimum absolute atomic E-state index is 0.122. The zero-order chi connectivity index (χ0) is 20.8. The van der Waals surface area contributed by atoms with E-state index in [4.69, 9.17) is 0 Å². The Morgan fingerprint density at radius 3 is 2.62 bits per heavy atom. The van der Waals surface area contributed by atoms with Crippen LogP contribution in [-0.4, -0.2) is 46.3 Å². The van der Waals surface area contributed by atoms with Gasteiger partial charge in [-0.05, 0) is 47.5 Å². The fourth-order valence-electron chi connectivity index (χ4n) is 2.86. The van der Waals surface area contributed by atoms with Crippen molar-refractivity contribution in [3.63, 3.8) is 0 Å². The summed E-state index contributed by atoms with van der Waals surface area (Å²) in [5.74, 6) is -1.61. The highest BCUT2D eigenvalue weighted by Crippen LogP contribution is 2.32. The SMILES string of the molecule is O=C(CN1C(=O)SC(=Cc2cccc(F)c2)C1=O)N[C@@H](CO)Cc1ccccc1. The van der Waals surface area contributed by atoms with Crippen molar-refractivity contribution in [2.24, 2.45) is 0 Å². The third-order valence-electron chi connectivity index (χ3n) is 4.23. The number of aliphatic hydroxyl groups is 1. The molecule has 2 aromatic rings. The van der Waals surface area contributed by atoms with E-state index in [-0.39, 0.29) is 11.5 Å². The molecule has 0 unspecified atom stereocenters. The van der Waals surface area contributed by atoms with Gasteiger partial charge in [0.25, 0.3) is 11.1 Å². The number of benzene rings is 2. The lowest BCUT2D eigenvalue weighted by atomic mass is 10.1. The lowest BCUT2D eigenvalue weighted by Crippen LogP contribution is -2.45. The van der Waals surface area contributed by atoms with Gasteiger partial charge in [-0.2, -0.15) is 0 Å². The maximum atomic E-state index is 13.3. The second-order valence-corrected chi connectivity index (χ2v) is 7.45. The van der Waals surface area contributed by atoms with Crippen LogP contribution in [0, 0.1) is 5.82 Å². The van der Waals surface area contributed by atoms with Gasteiger partial charge in [-0.25, -0.2) is 4.39 Å². The van der Waals surface area contributed by atoms with Crippen molar-refractivity contribution < 1.29 is 23.9 Å². The number of nitrogens with zero attached hydrogens (tertiary/aromatic N) is 1. The highest BCUT2D eigenvalue weighted by molar-refractivity contribution is 8.18. The summed E-state index contributed by atoms with van der Waals surface area (Å²) in [7, 11) is 0. The van der Waals surface area contributed by atoms with Crippen LogP contribution in [0.2, 0.25) is 0 Å². The van der Waals surface area contributed by atoms with Crippen molar-refractivity contribution in [2.75, 3.05) is 13.2 Å². The third-order valence-corrected chi connectivity index (χ3v) is 5.14. The molecule has 0 aromatic heterocycles. The molecule has 0 radical (unpaired) electrons. The Labute approximate surface area is 171 Å². The van der Waals surface area contributed by atoms with Crippen molar-refractivity contribution in [1.29, 1.82) is 0 Å². The van der Waals surface area contributed by atoms with E-state index in [0.29, 0.717) is 23.7 Å². The number of imide groups is 1. The summed E-state index contributed by atoms with van der Waals surface area (Å²) in [6, 6.07) is 14.4. The third kappa shape index (κ3) is 5.52.